The Labute approximate surface area is 83.3 Å². The van der Waals surface area contributed by atoms with Gasteiger partial charge in [-0.2, -0.15) is 0 Å². The van der Waals surface area contributed by atoms with E-state index in [0.717, 1.165) is 12.0 Å². The van der Waals surface area contributed by atoms with Crippen molar-refractivity contribution < 1.29 is 0 Å². The van der Waals surface area contributed by atoms with Crippen molar-refractivity contribution in [3.05, 3.63) is 0 Å². The molecule has 0 radical (unpaired) electrons. The summed E-state index contributed by atoms with van der Waals surface area (Å²) in [6.07, 6.45) is 9.82. The van der Waals surface area contributed by atoms with Crippen LogP contribution >= 0.6 is 0 Å². The van der Waals surface area contributed by atoms with Gasteiger partial charge >= 0.3 is 0 Å². The molecule has 0 saturated heterocycles. The fourth-order valence-corrected chi connectivity index (χ4v) is 2.29. The van der Waals surface area contributed by atoms with E-state index in [-0.39, 0.29) is 0 Å². The minimum absolute atomic E-state index is 0.835. The summed E-state index contributed by atoms with van der Waals surface area (Å²) in [5.41, 5.74) is 0. The zero-order valence-corrected chi connectivity index (χ0v) is 9.31. The molecule has 1 aliphatic carbocycles. The van der Waals surface area contributed by atoms with Crippen LogP contribution in [0.4, 0.5) is 0 Å². The van der Waals surface area contributed by atoms with Crippen LogP contribution in [-0.4, -0.2) is 12.6 Å². The third-order valence-corrected chi connectivity index (χ3v) is 3.30. The lowest BCUT2D eigenvalue weighted by atomic mass is 10.1. The lowest BCUT2D eigenvalue weighted by molar-refractivity contribution is 0.420. The van der Waals surface area contributed by atoms with Gasteiger partial charge in [0.2, 0.25) is 0 Å². The minimum Gasteiger partial charge on any atom is -0.314 e. The van der Waals surface area contributed by atoms with Gasteiger partial charge in [-0.1, -0.05) is 39.5 Å². The lowest BCUT2D eigenvalue weighted by Crippen LogP contribution is -2.31. The highest BCUT2D eigenvalue weighted by Gasteiger charge is 2.21. The van der Waals surface area contributed by atoms with E-state index in [2.05, 4.69) is 19.2 Å². The Bertz CT molecular complexity index is 122. The summed E-state index contributed by atoms with van der Waals surface area (Å²) in [5, 5.41) is 3.69. The van der Waals surface area contributed by atoms with Crippen molar-refractivity contribution in [2.24, 2.45) is 5.92 Å². The van der Waals surface area contributed by atoms with Crippen LogP contribution in [0.3, 0.4) is 0 Å². The predicted octanol–water partition coefficient (Wildman–Crippen LogP) is 3.34. The predicted molar refractivity (Wildman–Crippen MR) is 58.9 cm³/mol. The van der Waals surface area contributed by atoms with Crippen LogP contribution in [0, 0.1) is 5.92 Å². The molecule has 0 amide bonds. The van der Waals surface area contributed by atoms with Gasteiger partial charge in [0, 0.05) is 6.04 Å². The monoisotopic (exact) mass is 183 g/mol. The molecule has 2 unspecified atom stereocenters. The first-order valence-electron chi connectivity index (χ1n) is 6.08. The van der Waals surface area contributed by atoms with Crippen LogP contribution in [0.2, 0.25) is 0 Å². The molecular weight excluding hydrogens is 158 g/mol. The molecule has 0 aliphatic heterocycles. The van der Waals surface area contributed by atoms with Crippen molar-refractivity contribution in [2.45, 2.75) is 64.8 Å². The molecule has 78 valence electrons. The third kappa shape index (κ3) is 4.12. The maximum absolute atomic E-state index is 3.69. The number of hydrogen-bond acceptors (Lipinski definition) is 1. The summed E-state index contributed by atoms with van der Waals surface area (Å²) in [4.78, 5) is 0. The molecule has 1 fully saturated rings. The molecule has 13 heavy (non-hydrogen) atoms. The van der Waals surface area contributed by atoms with Crippen molar-refractivity contribution in [3.63, 3.8) is 0 Å². The molecule has 2 atom stereocenters. The van der Waals surface area contributed by atoms with E-state index in [4.69, 9.17) is 0 Å². The van der Waals surface area contributed by atoms with Gasteiger partial charge in [0.1, 0.15) is 0 Å². The molecule has 0 aromatic carbocycles. The van der Waals surface area contributed by atoms with Gasteiger partial charge < -0.3 is 5.32 Å². The Morgan fingerprint density at radius 2 is 2.00 bits per heavy atom. The maximum Gasteiger partial charge on any atom is 0.00926 e. The molecule has 1 heteroatoms. The molecule has 1 saturated carbocycles. The molecule has 0 aromatic heterocycles. The molecule has 1 N–H and O–H groups in total. The Balaban J connectivity index is 1.93. The van der Waals surface area contributed by atoms with Crippen LogP contribution in [0.25, 0.3) is 0 Å². The highest BCUT2D eigenvalue weighted by atomic mass is 14.9. The third-order valence-electron chi connectivity index (χ3n) is 3.30. The highest BCUT2D eigenvalue weighted by Crippen LogP contribution is 2.24. The fourth-order valence-electron chi connectivity index (χ4n) is 2.29. The normalized spacial score (nSPS) is 28.2. The molecule has 1 aliphatic rings. The van der Waals surface area contributed by atoms with E-state index in [1.807, 2.05) is 0 Å². The summed E-state index contributed by atoms with van der Waals surface area (Å²) < 4.78 is 0. The van der Waals surface area contributed by atoms with Gasteiger partial charge in [-0.05, 0) is 31.7 Å². The summed E-state index contributed by atoms with van der Waals surface area (Å²) in [6.45, 7) is 5.90. The molecule has 0 spiro atoms. The lowest BCUT2D eigenvalue weighted by Gasteiger charge is -2.16. The second kappa shape index (κ2) is 6.42. The van der Waals surface area contributed by atoms with Gasteiger partial charge in [0.05, 0.1) is 0 Å². The van der Waals surface area contributed by atoms with Crippen molar-refractivity contribution in [1.82, 2.24) is 5.32 Å². The number of hydrogen-bond donors (Lipinski definition) is 1. The smallest absolute Gasteiger partial charge is 0.00926 e. The minimum atomic E-state index is 0.835. The van der Waals surface area contributed by atoms with Crippen LogP contribution < -0.4 is 5.32 Å². The van der Waals surface area contributed by atoms with Crippen molar-refractivity contribution in [3.8, 4) is 0 Å². The van der Waals surface area contributed by atoms with Gasteiger partial charge in [0.25, 0.3) is 0 Å². The second-order valence-corrected chi connectivity index (χ2v) is 4.53. The SMILES string of the molecule is CCCCCCNC1CCCC1C. The topological polar surface area (TPSA) is 12.0 Å². The Hall–Kier alpha value is -0.0400. The Kier molecular flexibility index (Phi) is 5.45. The first kappa shape index (κ1) is 11.0. The summed E-state index contributed by atoms with van der Waals surface area (Å²) in [7, 11) is 0. The summed E-state index contributed by atoms with van der Waals surface area (Å²) in [6, 6.07) is 0.835. The zero-order valence-electron chi connectivity index (χ0n) is 9.31. The van der Waals surface area contributed by atoms with E-state index in [0.29, 0.717) is 0 Å². The molecule has 0 heterocycles. The van der Waals surface area contributed by atoms with E-state index < -0.39 is 0 Å². The van der Waals surface area contributed by atoms with Gasteiger partial charge in [-0.15, -0.1) is 0 Å². The number of unbranched alkanes of at least 4 members (excludes halogenated alkanes) is 3. The van der Waals surface area contributed by atoms with E-state index >= 15 is 0 Å². The average Bonchev–Trinajstić information content (AvgIpc) is 2.52. The van der Waals surface area contributed by atoms with Crippen LogP contribution in [0.5, 0.6) is 0 Å². The van der Waals surface area contributed by atoms with Crippen molar-refractivity contribution in [2.75, 3.05) is 6.54 Å². The van der Waals surface area contributed by atoms with Crippen LogP contribution in [-0.2, 0) is 0 Å². The van der Waals surface area contributed by atoms with Crippen molar-refractivity contribution >= 4 is 0 Å². The highest BCUT2D eigenvalue weighted by molar-refractivity contribution is 4.79. The summed E-state index contributed by atoms with van der Waals surface area (Å²) >= 11 is 0. The fraction of sp³-hybridized carbons (Fsp3) is 1.00. The molecule has 0 bridgehead atoms. The molecule has 1 nitrogen and oxygen atoms in total. The van der Waals surface area contributed by atoms with Crippen LogP contribution in [0.15, 0.2) is 0 Å². The quantitative estimate of drug-likeness (QED) is 0.623. The molecular formula is C12H25N. The van der Waals surface area contributed by atoms with Gasteiger partial charge in [0.15, 0.2) is 0 Å². The Morgan fingerprint density at radius 3 is 2.62 bits per heavy atom. The number of rotatable bonds is 6. The Morgan fingerprint density at radius 1 is 1.15 bits per heavy atom. The second-order valence-electron chi connectivity index (χ2n) is 4.53. The summed E-state index contributed by atoms with van der Waals surface area (Å²) in [5.74, 6) is 0.922. The zero-order chi connectivity index (χ0) is 9.52. The van der Waals surface area contributed by atoms with Crippen LogP contribution in [0.1, 0.15) is 58.8 Å². The largest absolute Gasteiger partial charge is 0.314 e. The standard InChI is InChI=1S/C12H25N/c1-3-4-5-6-10-13-12-9-7-8-11(12)2/h11-13H,3-10H2,1-2H3. The first-order chi connectivity index (χ1) is 6.34. The van der Waals surface area contributed by atoms with Gasteiger partial charge in [-0.3, -0.25) is 0 Å². The molecule has 0 aromatic rings. The van der Waals surface area contributed by atoms with E-state index in [9.17, 15) is 0 Å². The number of nitrogens with one attached hydrogen (secondary N) is 1. The van der Waals surface area contributed by atoms with Crippen molar-refractivity contribution in [1.29, 1.82) is 0 Å². The average molecular weight is 183 g/mol. The maximum atomic E-state index is 3.69. The van der Waals surface area contributed by atoms with Gasteiger partial charge in [-0.25, -0.2) is 0 Å². The molecule has 1 rings (SSSR count). The first-order valence-corrected chi connectivity index (χ1v) is 6.08. The van der Waals surface area contributed by atoms with E-state index in [1.54, 1.807) is 0 Å². The van der Waals surface area contributed by atoms with E-state index in [1.165, 1.54) is 51.5 Å².